The molecule has 0 aromatic rings. The fourth-order valence-electron chi connectivity index (χ4n) is 4.05. The van der Waals surface area contributed by atoms with Crippen LogP contribution in [0.2, 0.25) is 0 Å². The third-order valence-corrected chi connectivity index (χ3v) is 5.87. The maximum atomic E-state index is 11.4. The van der Waals surface area contributed by atoms with Crippen molar-refractivity contribution in [2.75, 3.05) is 0 Å². The molecule has 0 heterocycles. The number of unbranched alkanes of at least 4 members (excludes halogenated alkanes) is 1. The molecule has 21 heavy (non-hydrogen) atoms. The van der Waals surface area contributed by atoms with Crippen LogP contribution < -0.4 is 0 Å². The highest BCUT2D eigenvalue weighted by Gasteiger charge is 2.52. The summed E-state index contributed by atoms with van der Waals surface area (Å²) in [4.78, 5) is 0. The van der Waals surface area contributed by atoms with E-state index in [4.69, 9.17) is 0 Å². The van der Waals surface area contributed by atoms with Gasteiger partial charge in [0.15, 0.2) is 0 Å². The van der Waals surface area contributed by atoms with Crippen LogP contribution >= 0.6 is 0 Å². The monoisotopic (exact) mass is 292 g/mol. The molecular weight excluding hydrogens is 260 g/mol. The predicted octanol–water partition coefficient (Wildman–Crippen LogP) is 4.37. The lowest BCUT2D eigenvalue weighted by atomic mass is 9.59. The average Bonchev–Trinajstić information content (AvgIpc) is 2.43. The minimum atomic E-state index is -1.04. The summed E-state index contributed by atoms with van der Waals surface area (Å²) in [5.74, 6) is 0. The molecular formula is C19H32O2. The third-order valence-electron chi connectivity index (χ3n) is 5.87. The third kappa shape index (κ3) is 2.85. The highest BCUT2D eigenvalue weighted by molar-refractivity contribution is 5.32. The van der Waals surface area contributed by atoms with Gasteiger partial charge in [0.1, 0.15) is 6.10 Å². The first-order chi connectivity index (χ1) is 9.77. The molecule has 0 spiro atoms. The molecule has 0 radical (unpaired) electrons. The molecule has 2 nitrogen and oxygen atoms in total. The van der Waals surface area contributed by atoms with E-state index < -0.39 is 11.7 Å². The second kappa shape index (κ2) is 5.89. The Bertz CT molecular complexity index is 435. The molecule has 2 heteroatoms. The van der Waals surface area contributed by atoms with Crippen LogP contribution in [0.15, 0.2) is 23.8 Å². The van der Waals surface area contributed by atoms with Crippen molar-refractivity contribution in [2.45, 2.75) is 84.3 Å². The summed E-state index contributed by atoms with van der Waals surface area (Å²) in [6, 6.07) is 0. The zero-order valence-electron chi connectivity index (χ0n) is 14.2. The van der Waals surface area contributed by atoms with Crippen molar-refractivity contribution in [1.29, 1.82) is 0 Å². The van der Waals surface area contributed by atoms with E-state index in [9.17, 15) is 10.2 Å². The standard InChI is InChI=1S/C19H32O2/c1-5-6-14-19(21)16(20)15-10-7-8-12-18(15,4)13-9-11-17(19,2)3/h9-10,13,16,20-21H,5-8,11-12,14H2,1-4H3/b13-9-/t16-,18-,19+/m0/s1. The van der Waals surface area contributed by atoms with Crippen LogP contribution in [0.4, 0.5) is 0 Å². The molecule has 2 aliphatic carbocycles. The Labute approximate surface area is 130 Å². The molecule has 0 aromatic carbocycles. The summed E-state index contributed by atoms with van der Waals surface area (Å²) >= 11 is 0. The van der Waals surface area contributed by atoms with E-state index in [0.717, 1.165) is 44.1 Å². The number of fused-ring (bicyclic) bond motifs is 1. The molecule has 0 bridgehead atoms. The van der Waals surface area contributed by atoms with Crippen LogP contribution in [-0.4, -0.2) is 21.9 Å². The van der Waals surface area contributed by atoms with Gasteiger partial charge in [-0.1, -0.05) is 58.8 Å². The van der Waals surface area contributed by atoms with Crippen LogP contribution in [0, 0.1) is 10.8 Å². The first-order valence-corrected chi connectivity index (χ1v) is 8.55. The first kappa shape index (κ1) is 16.8. The number of aliphatic hydroxyl groups is 2. The minimum absolute atomic E-state index is 0.0889. The quantitative estimate of drug-likeness (QED) is 0.758. The fraction of sp³-hybridized carbons (Fsp3) is 0.789. The van der Waals surface area contributed by atoms with E-state index in [1.54, 1.807) is 0 Å². The maximum absolute atomic E-state index is 11.4. The minimum Gasteiger partial charge on any atom is -0.386 e. The van der Waals surface area contributed by atoms with Crippen molar-refractivity contribution < 1.29 is 10.2 Å². The van der Waals surface area contributed by atoms with E-state index >= 15 is 0 Å². The maximum Gasteiger partial charge on any atom is 0.105 e. The largest absolute Gasteiger partial charge is 0.386 e. The van der Waals surface area contributed by atoms with Gasteiger partial charge in [0, 0.05) is 5.41 Å². The zero-order valence-corrected chi connectivity index (χ0v) is 14.2. The Morgan fingerprint density at radius 1 is 1.29 bits per heavy atom. The van der Waals surface area contributed by atoms with Gasteiger partial charge < -0.3 is 10.2 Å². The molecule has 2 N–H and O–H groups in total. The normalized spacial score (nSPS) is 40.7. The Hall–Kier alpha value is -0.600. The van der Waals surface area contributed by atoms with Crippen LogP contribution in [0.5, 0.6) is 0 Å². The molecule has 0 amide bonds. The Balaban J connectivity index is 2.47. The highest BCUT2D eigenvalue weighted by Crippen LogP contribution is 2.51. The van der Waals surface area contributed by atoms with Gasteiger partial charge in [0.25, 0.3) is 0 Å². The number of rotatable bonds is 3. The average molecular weight is 292 g/mol. The summed E-state index contributed by atoms with van der Waals surface area (Å²) in [5, 5.41) is 22.5. The Morgan fingerprint density at radius 2 is 2.00 bits per heavy atom. The summed E-state index contributed by atoms with van der Waals surface area (Å²) in [6.45, 7) is 8.51. The lowest BCUT2D eigenvalue weighted by Crippen LogP contribution is -2.56. The van der Waals surface area contributed by atoms with E-state index in [0.29, 0.717) is 6.42 Å². The second-order valence-corrected chi connectivity index (χ2v) is 7.89. The van der Waals surface area contributed by atoms with Crippen molar-refractivity contribution >= 4 is 0 Å². The topological polar surface area (TPSA) is 40.5 Å². The van der Waals surface area contributed by atoms with E-state index in [1.807, 2.05) is 0 Å². The molecule has 0 unspecified atom stereocenters. The van der Waals surface area contributed by atoms with Crippen molar-refractivity contribution in [3.8, 4) is 0 Å². The second-order valence-electron chi connectivity index (χ2n) is 7.89. The van der Waals surface area contributed by atoms with Gasteiger partial charge in [-0.3, -0.25) is 0 Å². The molecule has 0 fully saturated rings. The fourth-order valence-corrected chi connectivity index (χ4v) is 4.05. The summed E-state index contributed by atoms with van der Waals surface area (Å²) < 4.78 is 0. The van der Waals surface area contributed by atoms with Crippen LogP contribution in [-0.2, 0) is 0 Å². The summed E-state index contributed by atoms with van der Waals surface area (Å²) in [7, 11) is 0. The SMILES string of the molecule is CCCC[C@@]1(O)[C@@H](O)C2=CCCC[C@@]2(C)/C=C\CC1(C)C. The van der Waals surface area contributed by atoms with Gasteiger partial charge in [-0.25, -0.2) is 0 Å². The molecule has 0 saturated carbocycles. The highest BCUT2D eigenvalue weighted by atomic mass is 16.3. The molecule has 0 saturated heterocycles. The lowest BCUT2D eigenvalue weighted by Gasteiger charge is -2.51. The Morgan fingerprint density at radius 3 is 2.67 bits per heavy atom. The van der Waals surface area contributed by atoms with E-state index in [1.165, 1.54) is 0 Å². The molecule has 120 valence electrons. The molecule has 2 rings (SSSR count). The number of hydrogen-bond donors (Lipinski definition) is 2. The molecule has 2 aliphatic rings. The summed E-state index contributed by atoms with van der Waals surface area (Å²) in [5.41, 5.74) is -0.416. The van der Waals surface area contributed by atoms with Crippen molar-refractivity contribution in [2.24, 2.45) is 10.8 Å². The van der Waals surface area contributed by atoms with Crippen molar-refractivity contribution in [3.63, 3.8) is 0 Å². The van der Waals surface area contributed by atoms with Crippen molar-refractivity contribution in [1.82, 2.24) is 0 Å². The predicted molar refractivity (Wildman–Crippen MR) is 88.1 cm³/mol. The van der Waals surface area contributed by atoms with Gasteiger partial charge in [0.2, 0.25) is 0 Å². The van der Waals surface area contributed by atoms with Gasteiger partial charge in [0.05, 0.1) is 5.60 Å². The Kier molecular flexibility index (Phi) is 4.70. The van der Waals surface area contributed by atoms with Crippen LogP contribution in [0.25, 0.3) is 0 Å². The van der Waals surface area contributed by atoms with E-state index in [-0.39, 0.29) is 10.8 Å². The summed E-state index contributed by atoms with van der Waals surface area (Å²) in [6.07, 6.45) is 12.6. The van der Waals surface area contributed by atoms with Crippen LogP contribution in [0.1, 0.15) is 72.6 Å². The first-order valence-electron chi connectivity index (χ1n) is 8.55. The van der Waals surface area contributed by atoms with Gasteiger partial charge in [-0.05, 0) is 43.1 Å². The smallest absolute Gasteiger partial charge is 0.105 e. The van der Waals surface area contributed by atoms with Gasteiger partial charge in [-0.2, -0.15) is 0 Å². The van der Waals surface area contributed by atoms with Crippen LogP contribution in [0.3, 0.4) is 0 Å². The molecule has 0 aliphatic heterocycles. The number of aliphatic hydroxyl groups excluding tert-OH is 1. The molecule has 0 aromatic heterocycles. The van der Waals surface area contributed by atoms with Crippen molar-refractivity contribution in [3.05, 3.63) is 23.8 Å². The zero-order chi connectivity index (χ0) is 15.7. The number of hydrogen-bond acceptors (Lipinski definition) is 2. The molecule has 3 atom stereocenters. The number of allylic oxidation sites excluding steroid dienone is 3. The van der Waals surface area contributed by atoms with Gasteiger partial charge in [-0.15, -0.1) is 0 Å². The van der Waals surface area contributed by atoms with Gasteiger partial charge >= 0.3 is 0 Å². The van der Waals surface area contributed by atoms with E-state index in [2.05, 4.69) is 45.9 Å². The lowest BCUT2D eigenvalue weighted by molar-refractivity contribution is -0.145.